The normalized spacial score (nSPS) is 19.9. The number of fused-ring (bicyclic) bond motifs is 3. The molecule has 4 atom stereocenters. The van der Waals surface area contributed by atoms with Gasteiger partial charge in [0.15, 0.2) is 5.66 Å². The number of primary amides is 1. The summed E-state index contributed by atoms with van der Waals surface area (Å²) in [6.07, 6.45) is 4.10. The molecule has 1 aliphatic carbocycles. The lowest BCUT2D eigenvalue weighted by Gasteiger charge is -2.39. The highest BCUT2D eigenvalue weighted by atomic mass is 16.3. The Morgan fingerprint density at radius 1 is 0.843 bits per heavy atom. The molecule has 1 saturated carbocycles. The number of nitrogens with zero attached hydrogens (tertiary/aromatic N) is 2. The minimum Gasteiger partial charge on any atom is -0.394 e. The van der Waals surface area contributed by atoms with Gasteiger partial charge in [0.2, 0.25) is 41.4 Å². The molecule has 51 heavy (non-hydrogen) atoms. The molecule has 20 heteroatoms. The standard InChI is InChI=1S/C31H43N11O9/c32-19(9-16-11-34-20-4-2-1-3-18(16)20)28(49)35-12-25(46)37-22(14-43)29(50)36-13-26(47)38-23(15-44)30(51)39-21(27(33)48)10-24(45)40-31-7-5-17(6-8-31)41-42-31/h1-4,11,17,19,21-23,34,43-44H,5-10,12-15,32H2,(H2,33,48)(H,35,49)(H,36,50)(H,37,46)(H,38,47)(H,39,51)(H,40,45)/t17?,19-,21-,22-,23-,31?/m0/s1. The van der Waals surface area contributed by atoms with Crippen molar-refractivity contribution < 1.29 is 43.8 Å². The van der Waals surface area contributed by atoms with Crippen LogP contribution in [-0.2, 0) is 40.0 Å². The fourth-order valence-corrected chi connectivity index (χ4v) is 5.73. The fraction of sp³-hybridized carbons (Fsp3) is 0.516. The molecule has 1 fully saturated rings. The summed E-state index contributed by atoms with van der Waals surface area (Å²) in [4.78, 5) is 90.4. The Balaban J connectivity index is 1.17. The van der Waals surface area contributed by atoms with E-state index in [2.05, 4.69) is 47.1 Å². The number of nitrogens with one attached hydrogen (secondary N) is 7. The Morgan fingerprint density at radius 3 is 2.04 bits per heavy atom. The Bertz CT molecular complexity index is 1650. The van der Waals surface area contributed by atoms with Crippen LogP contribution in [0.2, 0.25) is 0 Å². The molecule has 1 aromatic heterocycles. The summed E-state index contributed by atoms with van der Waals surface area (Å²) in [6.45, 7) is -3.08. The summed E-state index contributed by atoms with van der Waals surface area (Å²) in [5.74, 6) is -6.06. The van der Waals surface area contributed by atoms with Crippen LogP contribution >= 0.6 is 0 Å². The smallest absolute Gasteiger partial charge is 0.245 e. The van der Waals surface area contributed by atoms with Crippen LogP contribution in [0.25, 0.3) is 10.9 Å². The highest BCUT2D eigenvalue weighted by molar-refractivity contribution is 5.96. The van der Waals surface area contributed by atoms with E-state index in [-0.39, 0.29) is 12.5 Å². The first-order valence-corrected chi connectivity index (χ1v) is 16.3. The first-order valence-electron chi connectivity index (χ1n) is 16.3. The van der Waals surface area contributed by atoms with Gasteiger partial charge in [0, 0.05) is 17.1 Å². The van der Waals surface area contributed by atoms with Crippen LogP contribution in [-0.4, -0.2) is 119 Å². The molecule has 7 amide bonds. The molecule has 3 aliphatic rings. The number of carbonyl (C=O) groups is 7. The van der Waals surface area contributed by atoms with Crippen molar-refractivity contribution in [2.24, 2.45) is 21.7 Å². The van der Waals surface area contributed by atoms with Crippen LogP contribution in [0.15, 0.2) is 40.7 Å². The fourth-order valence-electron chi connectivity index (χ4n) is 5.73. The van der Waals surface area contributed by atoms with Gasteiger partial charge in [0.05, 0.1) is 44.8 Å². The van der Waals surface area contributed by atoms with E-state index < -0.39 is 104 Å². The van der Waals surface area contributed by atoms with Crippen LogP contribution in [0.3, 0.4) is 0 Å². The monoisotopic (exact) mass is 713 g/mol. The SMILES string of the molecule is NC(=O)[C@H](CC(=O)NC12CCC(CC1)N=N2)NC(=O)[C@H](CO)NC(=O)CNC(=O)[C@H](CO)NC(=O)CNC(=O)[C@@H](N)Cc1c[nH]c2ccccc12. The van der Waals surface area contributed by atoms with E-state index in [0.717, 1.165) is 29.3 Å². The summed E-state index contributed by atoms with van der Waals surface area (Å²) < 4.78 is 0. The van der Waals surface area contributed by atoms with E-state index in [1.807, 2.05) is 24.3 Å². The molecule has 20 nitrogen and oxygen atoms in total. The molecule has 0 radical (unpaired) electrons. The van der Waals surface area contributed by atoms with Crippen LogP contribution in [0, 0.1) is 0 Å². The molecule has 0 spiro atoms. The van der Waals surface area contributed by atoms with E-state index in [9.17, 15) is 43.8 Å². The molecular weight excluding hydrogens is 670 g/mol. The van der Waals surface area contributed by atoms with Gasteiger partial charge >= 0.3 is 0 Å². The third-order valence-electron chi connectivity index (χ3n) is 8.58. The molecule has 2 aromatic rings. The highest BCUT2D eigenvalue weighted by Crippen LogP contribution is 2.36. The third kappa shape index (κ3) is 10.5. The number of azo groups is 1. The molecule has 1 aromatic carbocycles. The predicted molar refractivity (Wildman–Crippen MR) is 178 cm³/mol. The number of H-pyrrole nitrogens is 1. The van der Waals surface area contributed by atoms with Crippen LogP contribution in [0.5, 0.6) is 0 Å². The van der Waals surface area contributed by atoms with Gasteiger partial charge in [-0.2, -0.15) is 10.2 Å². The van der Waals surface area contributed by atoms with Crippen molar-refractivity contribution >= 4 is 52.3 Å². The zero-order valence-electron chi connectivity index (χ0n) is 27.6. The zero-order valence-corrected chi connectivity index (χ0v) is 27.6. The van der Waals surface area contributed by atoms with Crippen molar-refractivity contribution in [3.8, 4) is 0 Å². The largest absolute Gasteiger partial charge is 0.394 e. The Hall–Kier alpha value is -5.47. The number of nitrogens with two attached hydrogens (primary N) is 2. The van der Waals surface area contributed by atoms with Crippen LogP contribution in [0.4, 0.5) is 0 Å². The number of aliphatic hydroxyl groups excluding tert-OH is 2. The van der Waals surface area contributed by atoms with Crippen molar-refractivity contribution in [3.05, 3.63) is 36.0 Å². The molecule has 5 rings (SSSR count). The molecule has 3 heterocycles. The van der Waals surface area contributed by atoms with E-state index in [1.165, 1.54) is 0 Å². The Morgan fingerprint density at radius 2 is 1.45 bits per heavy atom. The van der Waals surface area contributed by atoms with Crippen molar-refractivity contribution in [1.29, 1.82) is 0 Å². The van der Waals surface area contributed by atoms with Crippen molar-refractivity contribution in [2.45, 2.75) is 74.4 Å². The van der Waals surface area contributed by atoms with E-state index in [0.29, 0.717) is 12.8 Å². The predicted octanol–water partition coefficient (Wildman–Crippen LogP) is -4.19. The first kappa shape index (κ1) is 38.3. The Kier molecular flexibility index (Phi) is 13.1. The number of aromatic amines is 1. The minimum absolute atomic E-state index is 0.136. The molecular formula is C31H43N11O9. The van der Waals surface area contributed by atoms with Gasteiger partial charge in [-0.25, -0.2) is 0 Å². The van der Waals surface area contributed by atoms with Gasteiger partial charge in [0.25, 0.3) is 0 Å². The lowest BCUT2D eigenvalue weighted by atomic mass is 9.85. The summed E-state index contributed by atoms with van der Waals surface area (Å²) in [5, 5.41) is 42.5. The lowest BCUT2D eigenvalue weighted by molar-refractivity contribution is -0.134. The van der Waals surface area contributed by atoms with Gasteiger partial charge < -0.3 is 58.6 Å². The van der Waals surface area contributed by atoms with Gasteiger partial charge in [-0.3, -0.25) is 33.6 Å². The quantitative estimate of drug-likeness (QED) is 0.0708. The van der Waals surface area contributed by atoms with E-state index in [1.54, 1.807) is 6.20 Å². The van der Waals surface area contributed by atoms with Gasteiger partial charge in [-0.1, -0.05) is 18.2 Å². The third-order valence-corrected chi connectivity index (χ3v) is 8.58. The second kappa shape index (κ2) is 17.5. The van der Waals surface area contributed by atoms with Crippen LogP contribution in [0.1, 0.15) is 37.7 Å². The number of rotatable bonds is 18. The molecule has 2 bridgehead atoms. The highest BCUT2D eigenvalue weighted by Gasteiger charge is 2.41. The van der Waals surface area contributed by atoms with E-state index >= 15 is 0 Å². The number of aromatic nitrogens is 1. The van der Waals surface area contributed by atoms with Gasteiger partial charge in [-0.15, -0.1) is 0 Å². The topological polar surface area (TPSA) is 325 Å². The Labute approximate surface area is 291 Å². The molecule has 0 unspecified atom stereocenters. The van der Waals surface area contributed by atoms with Crippen molar-refractivity contribution in [3.63, 3.8) is 0 Å². The molecule has 13 N–H and O–H groups in total. The number of para-hydroxylation sites is 1. The second-order valence-corrected chi connectivity index (χ2v) is 12.4. The van der Waals surface area contributed by atoms with E-state index in [4.69, 9.17) is 11.5 Å². The van der Waals surface area contributed by atoms with Gasteiger partial charge in [-0.05, 0) is 43.7 Å². The minimum atomic E-state index is -1.60. The summed E-state index contributed by atoms with van der Waals surface area (Å²) >= 11 is 0. The van der Waals surface area contributed by atoms with Crippen molar-refractivity contribution in [2.75, 3.05) is 26.3 Å². The average Bonchev–Trinajstić information content (AvgIpc) is 3.53. The van der Waals surface area contributed by atoms with Crippen LogP contribution < -0.4 is 43.4 Å². The molecule has 276 valence electrons. The number of hydrogen-bond donors (Lipinski definition) is 11. The average molecular weight is 714 g/mol. The second-order valence-electron chi connectivity index (χ2n) is 12.4. The lowest BCUT2D eigenvalue weighted by Crippen LogP contribution is -2.58. The summed E-state index contributed by atoms with van der Waals surface area (Å²) in [6, 6.07) is 2.04. The zero-order chi connectivity index (χ0) is 37.1. The maximum Gasteiger partial charge on any atom is 0.245 e. The van der Waals surface area contributed by atoms with Gasteiger partial charge in [0.1, 0.15) is 18.1 Å². The maximum absolute atomic E-state index is 12.8. The summed E-state index contributed by atoms with van der Waals surface area (Å²) in [5.41, 5.74) is 12.2. The van der Waals surface area contributed by atoms with Crippen molar-refractivity contribution in [1.82, 2.24) is 36.9 Å². The molecule has 0 saturated heterocycles. The number of amides is 7. The number of benzene rings is 1. The number of carbonyl (C=O) groups excluding carboxylic acids is 7. The number of aliphatic hydroxyl groups is 2. The summed E-state index contributed by atoms with van der Waals surface area (Å²) in [7, 11) is 0. The molecule has 2 aliphatic heterocycles. The maximum atomic E-state index is 12.8. The number of hydrogen-bond acceptors (Lipinski definition) is 12. The first-order chi connectivity index (χ1) is 24.3.